The second kappa shape index (κ2) is 5.73. The van der Waals surface area contributed by atoms with Crippen molar-refractivity contribution >= 4 is 33.2 Å². The Morgan fingerprint density at radius 1 is 1.29 bits per heavy atom. The molecule has 2 aromatic rings. The zero-order valence-electron chi connectivity index (χ0n) is 11.0. The van der Waals surface area contributed by atoms with Gasteiger partial charge in [0.15, 0.2) is 6.61 Å². The highest BCUT2D eigenvalue weighted by atomic mass is 79.9. The van der Waals surface area contributed by atoms with Gasteiger partial charge in [0.25, 0.3) is 5.91 Å². The zero-order valence-corrected chi connectivity index (χ0v) is 12.5. The first kappa shape index (κ1) is 13.9. The molecule has 1 amide bonds. The van der Waals surface area contributed by atoms with Gasteiger partial charge in [-0.1, -0.05) is 6.07 Å². The molecule has 2 N–H and O–H groups in total. The molecule has 0 saturated heterocycles. The minimum atomic E-state index is -0.314. The lowest BCUT2D eigenvalue weighted by molar-refractivity contribution is -0.118. The number of amides is 1. The fraction of sp³-hybridized carbons (Fsp3) is 0.133. The molecule has 6 heteroatoms. The molecule has 0 unspecified atom stereocenters. The van der Waals surface area contributed by atoms with Crippen molar-refractivity contribution in [3.8, 4) is 5.75 Å². The van der Waals surface area contributed by atoms with Gasteiger partial charge in [-0.3, -0.25) is 4.79 Å². The van der Waals surface area contributed by atoms with Gasteiger partial charge in [0.05, 0.1) is 10.2 Å². The monoisotopic (exact) mass is 350 g/mol. The van der Waals surface area contributed by atoms with E-state index in [0.29, 0.717) is 28.1 Å². The van der Waals surface area contributed by atoms with E-state index in [0.717, 1.165) is 5.56 Å². The molecule has 0 aromatic heterocycles. The molecule has 2 aromatic carbocycles. The molecule has 0 bridgehead atoms. The van der Waals surface area contributed by atoms with Gasteiger partial charge in [-0.05, 0) is 51.8 Å². The van der Waals surface area contributed by atoms with Gasteiger partial charge in [0, 0.05) is 12.2 Å². The van der Waals surface area contributed by atoms with Crippen molar-refractivity contribution in [2.24, 2.45) is 0 Å². The summed E-state index contributed by atoms with van der Waals surface area (Å²) in [5.74, 6) is 0.182. The molecular weight excluding hydrogens is 339 g/mol. The highest BCUT2D eigenvalue weighted by Crippen LogP contribution is 2.28. The Bertz CT molecular complexity index is 706. The van der Waals surface area contributed by atoms with E-state index in [1.165, 1.54) is 6.07 Å². The fourth-order valence-electron chi connectivity index (χ4n) is 2.05. The van der Waals surface area contributed by atoms with Crippen molar-refractivity contribution in [1.82, 2.24) is 0 Å². The third-order valence-corrected chi connectivity index (χ3v) is 3.74. The largest absolute Gasteiger partial charge is 0.482 e. The number of anilines is 2. The van der Waals surface area contributed by atoms with Gasteiger partial charge in [0.2, 0.25) is 0 Å². The van der Waals surface area contributed by atoms with Crippen LogP contribution < -0.4 is 15.4 Å². The standard InChI is InChI=1S/C15H12BrFN2O2/c16-11-3-2-10(6-12(11)17)18-7-9-1-4-14-13(5-9)19-15(20)8-21-14/h1-6,18H,7-8H2,(H,19,20). The average molecular weight is 351 g/mol. The number of hydrogen-bond acceptors (Lipinski definition) is 3. The third kappa shape index (κ3) is 3.16. The lowest BCUT2D eigenvalue weighted by Crippen LogP contribution is -2.25. The van der Waals surface area contributed by atoms with Crippen molar-refractivity contribution in [3.05, 3.63) is 52.3 Å². The average Bonchev–Trinajstić information content (AvgIpc) is 2.48. The lowest BCUT2D eigenvalue weighted by Gasteiger charge is -2.18. The topological polar surface area (TPSA) is 50.4 Å². The third-order valence-electron chi connectivity index (χ3n) is 3.09. The maximum Gasteiger partial charge on any atom is 0.262 e. The van der Waals surface area contributed by atoms with Crippen LogP contribution in [0, 0.1) is 5.82 Å². The molecule has 0 fully saturated rings. The first-order valence-electron chi connectivity index (χ1n) is 6.36. The normalized spacial score (nSPS) is 13.1. The van der Waals surface area contributed by atoms with E-state index in [1.807, 2.05) is 18.2 Å². The van der Waals surface area contributed by atoms with Gasteiger partial charge in [0.1, 0.15) is 11.6 Å². The number of ether oxygens (including phenoxy) is 1. The molecule has 1 aliphatic rings. The smallest absolute Gasteiger partial charge is 0.262 e. The van der Waals surface area contributed by atoms with Crippen LogP contribution in [-0.4, -0.2) is 12.5 Å². The number of fused-ring (bicyclic) bond motifs is 1. The quantitative estimate of drug-likeness (QED) is 0.890. The predicted octanol–water partition coefficient (Wildman–Crippen LogP) is 3.53. The summed E-state index contributed by atoms with van der Waals surface area (Å²) < 4.78 is 19.1. The molecule has 108 valence electrons. The van der Waals surface area contributed by atoms with E-state index in [-0.39, 0.29) is 18.3 Å². The van der Waals surface area contributed by atoms with Gasteiger partial charge in [-0.25, -0.2) is 4.39 Å². The first-order valence-corrected chi connectivity index (χ1v) is 7.15. The van der Waals surface area contributed by atoms with Crippen LogP contribution in [0.2, 0.25) is 0 Å². The van der Waals surface area contributed by atoms with E-state index >= 15 is 0 Å². The maximum absolute atomic E-state index is 13.4. The molecule has 0 radical (unpaired) electrons. The van der Waals surface area contributed by atoms with Gasteiger partial charge in [-0.15, -0.1) is 0 Å². The summed E-state index contributed by atoms with van der Waals surface area (Å²) in [6.45, 7) is 0.562. The van der Waals surface area contributed by atoms with E-state index in [2.05, 4.69) is 26.6 Å². The number of hydrogen-bond donors (Lipinski definition) is 2. The van der Waals surface area contributed by atoms with E-state index in [1.54, 1.807) is 12.1 Å². The molecule has 21 heavy (non-hydrogen) atoms. The van der Waals surface area contributed by atoms with Crippen LogP contribution in [0.15, 0.2) is 40.9 Å². The Balaban J connectivity index is 1.72. The van der Waals surface area contributed by atoms with E-state index < -0.39 is 0 Å². The lowest BCUT2D eigenvalue weighted by atomic mass is 10.1. The van der Waals surface area contributed by atoms with Crippen LogP contribution in [-0.2, 0) is 11.3 Å². The minimum Gasteiger partial charge on any atom is -0.482 e. The molecule has 1 aliphatic heterocycles. The fourth-order valence-corrected chi connectivity index (χ4v) is 2.30. The van der Waals surface area contributed by atoms with Crippen LogP contribution in [0.4, 0.5) is 15.8 Å². The molecule has 1 heterocycles. The number of carbonyl (C=O) groups is 1. The summed E-state index contributed by atoms with van der Waals surface area (Å²) in [5, 5.41) is 5.89. The number of carbonyl (C=O) groups excluding carboxylic acids is 1. The summed E-state index contributed by atoms with van der Waals surface area (Å²) in [6.07, 6.45) is 0. The summed E-state index contributed by atoms with van der Waals surface area (Å²) >= 11 is 3.12. The molecule has 4 nitrogen and oxygen atoms in total. The Labute approximate surface area is 129 Å². The second-order valence-electron chi connectivity index (χ2n) is 4.65. The molecular formula is C15H12BrFN2O2. The first-order chi connectivity index (χ1) is 10.1. The second-order valence-corrected chi connectivity index (χ2v) is 5.50. The Kier molecular flexibility index (Phi) is 3.79. The van der Waals surface area contributed by atoms with Crippen molar-refractivity contribution < 1.29 is 13.9 Å². The van der Waals surface area contributed by atoms with Gasteiger partial charge in [-0.2, -0.15) is 0 Å². The number of halogens is 2. The van der Waals surface area contributed by atoms with Crippen molar-refractivity contribution in [2.45, 2.75) is 6.54 Å². The van der Waals surface area contributed by atoms with E-state index in [4.69, 9.17) is 4.74 Å². The predicted molar refractivity (Wildman–Crippen MR) is 82.0 cm³/mol. The Morgan fingerprint density at radius 2 is 2.14 bits per heavy atom. The van der Waals surface area contributed by atoms with Crippen LogP contribution >= 0.6 is 15.9 Å². The summed E-state index contributed by atoms with van der Waals surface area (Å²) in [5.41, 5.74) is 2.31. The molecule has 0 saturated carbocycles. The number of rotatable bonds is 3. The highest BCUT2D eigenvalue weighted by Gasteiger charge is 2.15. The molecule has 0 atom stereocenters. The number of benzene rings is 2. The van der Waals surface area contributed by atoms with Crippen LogP contribution in [0.5, 0.6) is 5.75 Å². The Morgan fingerprint density at radius 3 is 2.95 bits per heavy atom. The molecule has 3 rings (SSSR count). The maximum atomic E-state index is 13.4. The SMILES string of the molecule is O=C1COc2ccc(CNc3ccc(Br)c(F)c3)cc2N1. The number of nitrogens with one attached hydrogen (secondary N) is 2. The Hall–Kier alpha value is -2.08. The molecule has 0 spiro atoms. The van der Waals surface area contributed by atoms with Gasteiger partial charge < -0.3 is 15.4 Å². The van der Waals surface area contributed by atoms with Crippen molar-refractivity contribution in [3.63, 3.8) is 0 Å². The summed E-state index contributed by atoms with van der Waals surface area (Å²) in [7, 11) is 0. The minimum absolute atomic E-state index is 0.0444. The zero-order chi connectivity index (χ0) is 14.8. The van der Waals surface area contributed by atoms with Crippen LogP contribution in [0.3, 0.4) is 0 Å². The summed E-state index contributed by atoms with van der Waals surface area (Å²) in [6, 6.07) is 10.4. The van der Waals surface area contributed by atoms with Crippen molar-refractivity contribution in [2.75, 3.05) is 17.2 Å². The summed E-state index contributed by atoms with van der Waals surface area (Å²) in [4.78, 5) is 11.3. The van der Waals surface area contributed by atoms with Crippen LogP contribution in [0.25, 0.3) is 0 Å². The van der Waals surface area contributed by atoms with Crippen LogP contribution in [0.1, 0.15) is 5.56 Å². The van der Waals surface area contributed by atoms with Gasteiger partial charge >= 0.3 is 0 Å². The van der Waals surface area contributed by atoms with E-state index in [9.17, 15) is 9.18 Å². The highest BCUT2D eigenvalue weighted by molar-refractivity contribution is 9.10. The molecule has 0 aliphatic carbocycles. The van der Waals surface area contributed by atoms with Crippen molar-refractivity contribution in [1.29, 1.82) is 0 Å².